The molecule has 0 atom stereocenters. The van der Waals surface area contributed by atoms with Crippen molar-refractivity contribution in [3.8, 4) is 0 Å². The first-order valence-corrected chi connectivity index (χ1v) is 10.4. The van der Waals surface area contributed by atoms with E-state index in [4.69, 9.17) is 0 Å². The number of nitro groups is 1. The van der Waals surface area contributed by atoms with Crippen molar-refractivity contribution in [3.05, 3.63) is 58.1 Å². The molecule has 2 aromatic rings. The zero-order valence-corrected chi connectivity index (χ0v) is 17.5. The maximum atomic E-state index is 13.0. The van der Waals surface area contributed by atoms with Crippen molar-refractivity contribution in [2.24, 2.45) is 0 Å². The van der Waals surface area contributed by atoms with E-state index >= 15 is 0 Å². The molecule has 2 amide bonds. The number of rotatable bonds is 8. The topological polar surface area (TPSA) is 139 Å². The van der Waals surface area contributed by atoms with Crippen LogP contribution in [0.1, 0.15) is 19.4 Å². The quantitative estimate of drug-likeness (QED) is 0.483. The van der Waals surface area contributed by atoms with Gasteiger partial charge in [-0.25, -0.2) is 8.42 Å². The molecular weight excluding hydrogens is 412 g/mol. The van der Waals surface area contributed by atoms with E-state index < -0.39 is 27.4 Å². The van der Waals surface area contributed by atoms with Crippen LogP contribution in [0.5, 0.6) is 0 Å². The lowest BCUT2D eigenvalue weighted by atomic mass is 10.2. The Morgan fingerprint density at radius 1 is 1.07 bits per heavy atom. The van der Waals surface area contributed by atoms with E-state index in [1.807, 2.05) is 0 Å². The summed E-state index contributed by atoms with van der Waals surface area (Å²) in [5.74, 6) is -0.803. The molecule has 2 N–H and O–H groups in total. The first-order valence-electron chi connectivity index (χ1n) is 8.98. The highest BCUT2D eigenvalue weighted by molar-refractivity contribution is 7.89. The average Bonchev–Trinajstić information content (AvgIpc) is 2.66. The zero-order valence-electron chi connectivity index (χ0n) is 16.7. The van der Waals surface area contributed by atoms with Crippen LogP contribution in [0.15, 0.2) is 47.4 Å². The second-order valence-electron chi connectivity index (χ2n) is 6.40. The molecule has 2 aromatic carbocycles. The van der Waals surface area contributed by atoms with Crippen LogP contribution < -0.4 is 10.6 Å². The van der Waals surface area contributed by atoms with E-state index in [2.05, 4.69) is 10.6 Å². The third-order valence-corrected chi connectivity index (χ3v) is 6.30. The Hall–Kier alpha value is -3.31. The average molecular weight is 434 g/mol. The van der Waals surface area contributed by atoms with E-state index in [0.29, 0.717) is 11.4 Å². The highest BCUT2D eigenvalue weighted by Crippen LogP contribution is 2.27. The van der Waals surface area contributed by atoms with Gasteiger partial charge < -0.3 is 10.6 Å². The number of nitro benzene ring substituents is 1. The molecule has 0 aliphatic rings. The number of sulfonamides is 1. The van der Waals surface area contributed by atoms with Gasteiger partial charge in [-0.1, -0.05) is 13.0 Å². The molecular formula is C19H22N4O6S. The van der Waals surface area contributed by atoms with Crippen LogP contribution in [0.25, 0.3) is 0 Å². The number of amides is 2. The highest BCUT2D eigenvalue weighted by atomic mass is 32.2. The van der Waals surface area contributed by atoms with Gasteiger partial charge in [-0.05, 0) is 37.3 Å². The molecule has 11 heteroatoms. The lowest BCUT2D eigenvalue weighted by Gasteiger charge is -2.21. The van der Waals surface area contributed by atoms with Gasteiger partial charge in [0.15, 0.2) is 0 Å². The van der Waals surface area contributed by atoms with Crippen LogP contribution in [0, 0.1) is 17.0 Å². The van der Waals surface area contributed by atoms with E-state index in [0.717, 1.165) is 4.31 Å². The Kier molecular flexibility index (Phi) is 7.24. The molecule has 0 saturated heterocycles. The van der Waals surface area contributed by atoms with Crippen LogP contribution >= 0.6 is 0 Å². The maximum Gasteiger partial charge on any atom is 0.273 e. The number of carbonyl (C=O) groups is 2. The van der Waals surface area contributed by atoms with E-state index in [9.17, 15) is 28.1 Å². The predicted molar refractivity (Wildman–Crippen MR) is 112 cm³/mol. The van der Waals surface area contributed by atoms with Crippen LogP contribution in [0.2, 0.25) is 0 Å². The monoisotopic (exact) mass is 434 g/mol. The Morgan fingerprint density at radius 3 is 2.13 bits per heavy atom. The van der Waals surface area contributed by atoms with Crippen molar-refractivity contribution in [1.82, 2.24) is 4.31 Å². The molecule has 0 unspecified atom stereocenters. The van der Waals surface area contributed by atoms with Crippen molar-refractivity contribution in [2.45, 2.75) is 25.7 Å². The Balaban J connectivity index is 2.18. The number of anilines is 2. The van der Waals surface area contributed by atoms with Crippen molar-refractivity contribution in [2.75, 3.05) is 23.7 Å². The number of hydrogen-bond acceptors (Lipinski definition) is 6. The second-order valence-corrected chi connectivity index (χ2v) is 8.30. The molecule has 0 heterocycles. The fourth-order valence-corrected chi connectivity index (χ4v) is 4.43. The van der Waals surface area contributed by atoms with Gasteiger partial charge in [-0.15, -0.1) is 0 Å². The SMILES string of the molecule is CCN(CC(=O)Nc1ccc(NC(C)=O)cc1)S(=O)(=O)c1cccc([N+](=O)[O-])c1C. The molecule has 0 bridgehead atoms. The van der Waals surface area contributed by atoms with Gasteiger partial charge in [0.05, 0.1) is 16.4 Å². The summed E-state index contributed by atoms with van der Waals surface area (Å²) in [5.41, 5.74) is 0.680. The molecule has 0 fully saturated rings. The van der Waals surface area contributed by atoms with Gasteiger partial charge in [0.25, 0.3) is 5.69 Å². The number of nitrogens with zero attached hydrogens (tertiary/aromatic N) is 2. The maximum absolute atomic E-state index is 13.0. The molecule has 2 rings (SSSR count). The van der Waals surface area contributed by atoms with Gasteiger partial charge in [-0.2, -0.15) is 4.31 Å². The zero-order chi connectivity index (χ0) is 22.5. The minimum absolute atomic E-state index is 0.000640. The van der Waals surface area contributed by atoms with Crippen LogP contribution in [-0.2, 0) is 19.6 Å². The number of carbonyl (C=O) groups excluding carboxylic acids is 2. The minimum atomic E-state index is -4.12. The highest BCUT2D eigenvalue weighted by Gasteiger charge is 2.29. The smallest absolute Gasteiger partial charge is 0.273 e. The summed E-state index contributed by atoms with van der Waals surface area (Å²) in [6.45, 7) is 3.83. The van der Waals surface area contributed by atoms with Crippen molar-refractivity contribution in [1.29, 1.82) is 0 Å². The summed E-state index contributed by atoms with van der Waals surface area (Å²) >= 11 is 0. The largest absolute Gasteiger partial charge is 0.326 e. The normalized spacial score (nSPS) is 11.2. The lowest BCUT2D eigenvalue weighted by Crippen LogP contribution is -2.38. The second kappa shape index (κ2) is 9.46. The summed E-state index contributed by atoms with van der Waals surface area (Å²) < 4.78 is 26.9. The van der Waals surface area contributed by atoms with E-state index in [1.54, 1.807) is 31.2 Å². The van der Waals surface area contributed by atoms with Crippen molar-refractivity contribution in [3.63, 3.8) is 0 Å². The summed E-state index contributed by atoms with van der Waals surface area (Å²) in [6, 6.07) is 10.1. The lowest BCUT2D eigenvalue weighted by molar-refractivity contribution is -0.385. The predicted octanol–water partition coefficient (Wildman–Crippen LogP) is 2.51. The molecule has 0 aliphatic carbocycles. The number of benzene rings is 2. The third kappa shape index (κ3) is 5.39. The van der Waals surface area contributed by atoms with Crippen LogP contribution in [0.3, 0.4) is 0 Å². The van der Waals surface area contributed by atoms with Crippen LogP contribution in [0.4, 0.5) is 17.1 Å². The fraction of sp³-hybridized carbons (Fsp3) is 0.263. The first-order chi connectivity index (χ1) is 14.1. The Bertz CT molecular complexity index is 1070. The summed E-state index contributed by atoms with van der Waals surface area (Å²) in [6.07, 6.45) is 0. The van der Waals surface area contributed by atoms with Gasteiger partial charge in [0, 0.05) is 36.5 Å². The first kappa shape index (κ1) is 23.0. The standard InChI is InChI=1S/C19H22N4O6S/c1-4-22(30(28,29)18-7-5-6-17(13(18)2)23(26)27)12-19(25)21-16-10-8-15(9-11-16)20-14(3)24/h5-11H,4,12H2,1-3H3,(H,20,24)(H,21,25). The molecule has 0 aliphatic heterocycles. The third-order valence-electron chi connectivity index (χ3n) is 4.23. The molecule has 30 heavy (non-hydrogen) atoms. The minimum Gasteiger partial charge on any atom is -0.326 e. The molecule has 0 spiro atoms. The Labute approximate surface area is 174 Å². The summed E-state index contributed by atoms with van der Waals surface area (Å²) in [7, 11) is -4.12. The Morgan fingerprint density at radius 2 is 1.63 bits per heavy atom. The van der Waals surface area contributed by atoms with Gasteiger partial charge in [-0.3, -0.25) is 19.7 Å². The van der Waals surface area contributed by atoms with Gasteiger partial charge in [0.2, 0.25) is 21.8 Å². The molecule has 10 nitrogen and oxygen atoms in total. The molecule has 0 aromatic heterocycles. The van der Waals surface area contributed by atoms with E-state index in [1.165, 1.54) is 32.0 Å². The molecule has 0 saturated carbocycles. The van der Waals surface area contributed by atoms with Crippen LogP contribution in [-0.4, -0.2) is 42.6 Å². The van der Waals surface area contributed by atoms with Crippen molar-refractivity contribution >= 4 is 38.9 Å². The number of hydrogen-bond donors (Lipinski definition) is 2. The summed E-state index contributed by atoms with van der Waals surface area (Å²) in [4.78, 5) is 33.7. The van der Waals surface area contributed by atoms with Crippen molar-refractivity contribution < 1.29 is 22.9 Å². The molecule has 160 valence electrons. The molecule has 0 radical (unpaired) electrons. The fourth-order valence-electron chi connectivity index (χ4n) is 2.79. The van der Waals surface area contributed by atoms with E-state index in [-0.39, 0.29) is 28.6 Å². The number of likely N-dealkylation sites (N-methyl/N-ethyl adjacent to an activating group) is 1. The van der Waals surface area contributed by atoms with Gasteiger partial charge in [0.1, 0.15) is 0 Å². The number of nitrogens with one attached hydrogen (secondary N) is 2. The van der Waals surface area contributed by atoms with Gasteiger partial charge >= 0.3 is 0 Å². The summed E-state index contributed by atoms with van der Waals surface area (Å²) in [5, 5.41) is 16.3.